The molecule has 0 amide bonds. The van der Waals surface area contributed by atoms with Gasteiger partial charge in [0, 0.05) is 10.3 Å². The fourth-order valence-electron chi connectivity index (χ4n) is 13.8. The summed E-state index contributed by atoms with van der Waals surface area (Å²) < 4.78 is 6.80. The fraction of sp³-hybridized carbons (Fsp3) is 0.821. The van der Waals surface area contributed by atoms with E-state index in [9.17, 15) is 4.79 Å². The van der Waals surface area contributed by atoms with Crippen molar-refractivity contribution >= 4 is 23.2 Å². The fourth-order valence-corrected chi connectivity index (χ4v) is 14.9. The second-order valence-electron chi connectivity index (χ2n) is 18.5. The van der Waals surface area contributed by atoms with E-state index in [1.807, 2.05) is 11.3 Å². The van der Waals surface area contributed by atoms with Gasteiger partial charge in [0.1, 0.15) is 0 Å². The lowest BCUT2D eigenvalue weighted by Gasteiger charge is -2.73. The van der Waals surface area contributed by atoms with Crippen LogP contribution in [-0.2, 0) is 22.4 Å². The summed E-state index contributed by atoms with van der Waals surface area (Å²) >= 11 is 1.94. The normalized spacial score (nSPS) is 49.5. The number of aryl methyl sites for hydroxylation is 1. The number of thiophene rings is 1. The molecular weight excluding hydrogens is 532 g/mol. The van der Waals surface area contributed by atoms with E-state index in [0.717, 1.165) is 30.4 Å². The highest BCUT2D eigenvalue weighted by Gasteiger charge is 2.73. The molecule has 1 aromatic heterocycles. The number of allylic oxidation sites excluding steroid dienone is 1. The van der Waals surface area contributed by atoms with Gasteiger partial charge < -0.3 is 4.74 Å². The van der Waals surface area contributed by atoms with E-state index in [1.54, 1.807) is 10.4 Å². The van der Waals surface area contributed by atoms with Gasteiger partial charge in [-0.1, -0.05) is 48.5 Å². The molecule has 230 valence electrons. The smallest absolute Gasteiger partial charge is 0.164 e. The average Bonchev–Trinajstić information content (AvgIpc) is 3.50. The van der Waals surface area contributed by atoms with Crippen LogP contribution in [0, 0.1) is 56.2 Å². The van der Waals surface area contributed by atoms with Crippen LogP contribution in [0.3, 0.4) is 0 Å². The Morgan fingerprint density at radius 2 is 1.62 bits per heavy atom. The van der Waals surface area contributed by atoms with Crippen molar-refractivity contribution in [3.63, 3.8) is 0 Å². The first-order valence-corrected chi connectivity index (χ1v) is 18.6. The van der Waals surface area contributed by atoms with Crippen LogP contribution in [0.25, 0.3) is 6.08 Å². The number of hydrogen-bond donors (Lipinski definition) is 0. The quantitative estimate of drug-likeness (QED) is 0.305. The molecule has 2 bridgehead atoms. The molecule has 1 aromatic rings. The van der Waals surface area contributed by atoms with Crippen LogP contribution in [0.2, 0.25) is 0 Å². The summed E-state index contributed by atoms with van der Waals surface area (Å²) in [7, 11) is 0. The molecule has 0 spiro atoms. The van der Waals surface area contributed by atoms with E-state index in [4.69, 9.17) is 4.74 Å². The first kappa shape index (κ1) is 28.5. The molecule has 6 fully saturated rings. The van der Waals surface area contributed by atoms with Crippen LogP contribution in [0.15, 0.2) is 11.0 Å². The predicted octanol–water partition coefficient (Wildman–Crippen LogP) is 10.1. The highest BCUT2D eigenvalue weighted by atomic mass is 32.1. The summed E-state index contributed by atoms with van der Waals surface area (Å²) in [6, 6.07) is 0. The minimum Gasteiger partial charge on any atom is -0.377 e. The van der Waals surface area contributed by atoms with Gasteiger partial charge in [-0.15, -0.1) is 11.3 Å². The number of fused-ring (bicyclic) bond motifs is 6. The van der Waals surface area contributed by atoms with Crippen LogP contribution >= 0.6 is 11.3 Å². The topological polar surface area (TPSA) is 26.3 Å². The molecule has 7 aliphatic rings. The Morgan fingerprint density at radius 1 is 0.857 bits per heavy atom. The van der Waals surface area contributed by atoms with E-state index >= 15 is 0 Å². The summed E-state index contributed by atoms with van der Waals surface area (Å²) in [5, 5.41) is 2.37. The molecule has 5 saturated carbocycles. The molecule has 3 heteroatoms. The van der Waals surface area contributed by atoms with Crippen molar-refractivity contribution in [2.75, 3.05) is 6.61 Å². The van der Waals surface area contributed by atoms with Gasteiger partial charge in [0.05, 0.1) is 12.7 Å². The second-order valence-corrected chi connectivity index (χ2v) is 19.4. The largest absolute Gasteiger partial charge is 0.377 e. The third-order valence-corrected chi connectivity index (χ3v) is 17.2. The van der Waals surface area contributed by atoms with Gasteiger partial charge in [0.2, 0.25) is 0 Å². The van der Waals surface area contributed by atoms with Crippen molar-refractivity contribution in [3.8, 4) is 0 Å². The van der Waals surface area contributed by atoms with Gasteiger partial charge >= 0.3 is 0 Å². The molecule has 0 N–H and O–H groups in total. The van der Waals surface area contributed by atoms with Crippen LogP contribution in [-0.4, -0.2) is 18.5 Å². The van der Waals surface area contributed by atoms with Gasteiger partial charge in [0.25, 0.3) is 0 Å². The minimum absolute atomic E-state index is 0.177. The Balaban J connectivity index is 1.18. The molecule has 1 aliphatic heterocycles. The van der Waals surface area contributed by atoms with Crippen LogP contribution in [0.4, 0.5) is 0 Å². The maximum atomic E-state index is 14.3. The van der Waals surface area contributed by atoms with Crippen molar-refractivity contribution in [2.45, 2.75) is 138 Å². The third kappa shape index (κ3) is 3.45. The minimum atomic E-state index is -0.287. The molecule has 6 aliphatic carbocycles. The first-order chi connectivity index (χ1) is 19.8. The number of ether oxygens (including phenoxy) is 1. The average molecular weight is 589 g/mol. The summed E-state index contributed by atoms with van der Waals surface area (Å²) in [6.07, 6.45) is 19.5. The molecule has 0 aromatic carbocycles. The van der Waals surface area contributed by atoms with Crippen molar-refractivity contribution in [3.05, 3.63) is 27.0 Å². The highest BCUT2D eigenvalue weighted by Crippen LogP contribution is 2.78. The van der Waals surface area contributed by atoms with Crippen LogP contribution in [0.1, 0.15) is 135 Å². The lowest BCUT2D eigenvalue weighted by molar-refractivity contribution is -0.236. The number of rotatable bonds is 1. The Morgan fingerprint density at radius 3 is 2.43 bits per heavy atom. The van der Waals surface area contributed by atoms with Crippen molar-refractivity contribution in [1.82, 2.24) is 0 Å². The number of carbonyl (C=O) groups excluding carboxylic acids is 1. The molecule has 9 atom stereocenters. The maximum Gasteiger partial charge on any atom is 0.164 e. The highest BCUT2D eigenvalue weighted by molar-refractivity contribution is 7.10. The van der Waals surface area contributed by atoms with E-state index in [1.165, 1.54) is 82.6 Å². The zero-order valence-corrected chi connectivity index (χ0v) is 28.5. The lowest BCUT2D eigenvalue weighted by atomic mass is 9.31. The zero-order valence-electron chi connectivity index (χ0n) is 27.7. The summed E-state index contributed by atoms with van der Waals surface area (Å²) in [5.74, 6) is 3.13. The number of Topliss-reactive ketones (excluding diaryl/α,β-unsaturated/α-hetero) is 1. The summed E-state index contributed by atoms with van der Waals surface area (Å²) in [5.41, 5.74) is 5.40. The lowest BCUT2D eigenvalue weighted by Crippen LogP contribution is -2.67. The van der Waals surface area contributed by atoms with Gasteiger partial charge in [-0.3, -0.25) is 4.79 Å². The van der Waals surface area contributed by atoms with E-state index < -0.39 is 0 Å². The second kappa shape index (κ2) is 8.86. The van der Waals surface area contributed by atoms with Crippen LogP contribution in [0.5, 0.6) is 0 Å². The SMILES string of the molecule is CC1(C)CCC23CCC4(C)C(CCC5C6(C)CC(=Cc7csc8c7CCCC8)C(=O)C(C)(C)C6CCC54C)C2C1OC3. The van der Waals surface area contributed by atoms with Crippen molar-refractivity contribution < 1.29 is 9.53 Å². The summed E-state index contributed by atoms with van der Waals surface area (Å²) in [6.45, 7) is 18.8. The van der Waals surface area contributed by atoms with E-state index in [0.29, 0.717) is 45.4 Å². The maximum absolute atomic E-state index is 14.3. The molecule has 9 unspecified atom stereocenters. The molecular formula is C39H56O2S. The van der Waals surface area contributed by atoms with Crippen LogP contribution < -0.4 is 0 Å². The number of ketones is 1. The Hall–Kier alpha value is -0.930. The van der Waals surface area contributed by atoms with Gasteiger partial charge in [-0.05, 0) is 162 Å². The predicted molar refractivity (Wildman–Crippen MR) is 174 cm³/mol. The monoisotopic (exact) mass is 588 g/mol. The molecule has 1 saturated heterocycles. The number of hydrogen-bond acceptors (Lipinski definition) is 3. The molecule has 2 heterocycles. The standard InChI is InChI=1S/C39H56O2S/c1-34(2)16-18-39-19-17-37(6)27(31(39)33(34)41-23-39)12-13-30-36(5)21-24(20-25-22-42-28-11-9-8-10-26(25)28)32(40)35(3,4)29(36)14-15-38(30,37)7/h20,22,27,29-31,33H,8-19,21,23H2,1-7H3. The molecule has 8 rings (SSSR count). The van der Waals surface area contributed by atoms with Crippen molar-refractivity contribution in [2.24, 2.45) is 56.2 Å². The van der Waals surface area contributed by atoms with Gasteiger partial charge in [-0.25, -0.2) is 0 Å². The van der Waals surface area contributed by atoms with E-state index in [2.05, 4.69) is 59.9 Å². The van der Waals surface area contributed by atoms with Gasteiger partial charge in [-0.2, -0.15) is 0 Å². The molecule has 2 nitrogen and oxygen atoms in total. The van der Waals surface area contributed by atoms with Gasteiger partial charge in [0.15, 0.2) is 5.78 Å². The Bertz CT molecular complexity index is 1350. The first-order valence-electron chi connectivity index (χ1n) is 17.7. The third-order valence-electron chi connectivity index (χ3n) is 16.1. The zero-order chi connectivity index (χ0) is 29.5. The molecule has 0 radical (unpaired) electrons. The Kier molecular flexibility index (Phi) is 6.02. The Labute approximate surface area is 259 Å². The van der Waals surface area contributed by atoms with E-state index in [-0.39, 0.29) is 10.8 Å². The molecule has 42 heavy (non-hydrogen) atoms. The summed E-state index contributed by atoms with van der Waals surface area (Å²) in [4.78, 5) is 15.9. The number of carbonyl (C=O) groups is 1. The van der Waals surface area contributed by atoms with Crippen molar-refractivity contribution in [1.29, 1.82) is 0 Å².